The van der Waals surface area contributed by atoms with Gasteiger partial charge in [0.1, 0.15) is 5.75 Å². The van der Waals surface area contributed by atoms with E-state index in [1.54, 1.807) is 36.3 Å². The van der Waals surface area contributed by atoms with Crippen LogP contribution in [0.5, 0.6) is 5.75 Å². The Kier molecular flexibility index (Phi) is 6.11. The van der Waals surface area contributed by atoms with Gasteiger partial charge < -0.3 is 19.7 Å². The summed E-state index contributed by atoms with van der Waals surface area (Å²) in [4.78, 5) is 30.0. The van der Waals surface area contributed by atoms with E-state index in [0.717, 1.165) is 16.5 Å². The lowest BCUT2D eigenvalue weighted by molar-refractivity contribution is 0.0731. The number of benzene rings is 2. The van der Waals surface area contributed by atoms with Gasteiger partial charge in [0, 0.05) is 29.8 Å². The average molecular weight is 380 g/mol. The van der Waals surface area contributed by atoms with Crippen LogP contribution in [0.25, 0.3) is 10.9 Å². The Labute approximate surface area is 163 Å². The fourth-order valence-electron chi connectivity index (χ4n) is 3.15. The number of H-pyrrole nitrogens is 1. The van der Waals surface area contributed by atoms with Crippen molar-refractivity contribution in [1.82, 2.24) is 9.88 Å². The van der Waals surface area contributed by atoms with Crippen molar-refractivity contribution in [3.63, 3.8) is 0 Å². The van der Waals surface area contributed by atoms with Crippen LogP contribution in [0.15, 0.2) is 53.3 Å². The second kappa shape index (κ2) is 8.71. The summed E-state index contributed by atoms with van der Waals surface area (Å²) in [7, 11) is 1.55. The minimum absolute atomic E-state index is 0.0326. The second-order valence-electron chi connectivity index (χ2n) is 6.75. The van der Waals surface area contributed by atoms with E-state index in [1.165, 1.54) is 0 Å². The van der Waals surface area contributed by atoms with Crippen molar-refractivity contribution >= 4 is 16.8 Å². The number of aliphatic hydroxyl groups excluding tert-OH is 1. The molecule has 146 valence electrons. The predicted octanol–water partition coefficient (Wildman–Crippen LogP) is 2.87. The van der Waals surface area contributed by atoms with Gasteiger partial charge >= 0.3 is 0 Å². The minimum Gasteiger partial charge on any atom is -0.497 e. The number of aliphatic hydroxyl groups is 1. The number of aromatic nitrogens is 1. The zero-order chi connectivity index (χ0) is 20.1. The molecule has 6 heteroatoms. The molecule has 2 aromatic carbocycles. The Morgan fingerprint density at radius 1 is 1.18 bits per heavy atom. The van der Waals surface area contributed by atoms with Crippen molar-refractivity contribution in [2.24, 2.45) is 0 Å². The number of fused-ring (bicyclic) bond motifs is 1. The number of hydrogen-bond donors (Lipinski definition) is 2. The molecule has 0 atom stereocenters. The zero-order valence-corrected chi connectivity index (χ0v) is 16.1. The Balaban J connectivity index is 1.94. The van der Waals surface area contributed by atoms with Gasteiger partial charge in [0.25, 0.3) is 11.5 Å². The van der Waals surface area contributed by atoms with Gasteiger partial charge in [-0.1, -0.05) is 17.7 Å². The van der Waals surface area contributed by atoms with Crippen LogP contribution in [0.3, 0.4) is 0 Å². The van der Waals surface area contributed by atoms with Gasteiger partial charge in [0.15, 0.2) is 0 Å². The maximum absolute atomic E-state index is 13.0. The first-order valence-electron chi connectivity index (χ1n) is 9.18. The number of carbonyl (C=O) groups is 1. The first kappa shape index (κ1) is 19.6. The summed E-state index contributed by atoms with van der Waals surface area (Å²) in [5.74, 6) is 0.378. The van der Waals surface area contributed by atoms with Gasteiger partial charge in [-0.15, -0.1) is 0 Å². The van der Waals surface area contributed by atoms with Crippen LogP contribution in [0.2, 0.25) is 0 Å². The van der Waals surface area contributed by atoms with Crippen molar-refractivity contribution in [3.8, 4) is 5.75 Å². The van der Waals surface area contributed by atoms with Crippen molar-refractivity contribution in [1.29, 1.82) is 0 Å². The van der Waals surface area contributed by atoms with Gasteiger partial charge in [0.05, 0.1) is 13.7 Å². The maximum atomic E-state index is 13.0. The van der Waals surface area contributed by atoms with Crippen LogP contribution < -0.4 is 10.3 Å². The number of methoxy groups -OCH3 is 1. The molecule has 3 aromatic rings. The number of amides is 1. The largest absolute Gasteiger partial charge is 0.497 e. The highest BCUT2D eigenvalue weighted by molar-refractivity contribution is 5.94. The first-order valence-corrected chi connectivity index (χ1v) is 9.18. The van der Waals surface area contributed by atoms with Gasteiger partial charge in [-0.2, -0.15) is 0 Å². The lowest BCUT2D eigenvalue weighted by atomic mass is 10.1. The molecule has 0 aliphatic heterocycles. The van der Waals surface area contributed by atoms with Crippen molar-refractivity contribution in [2.45, 2.75) is 19.9 Å². The third-order valence-corrected chi connectivity index (χ3v) is 4.63. The smallest absolute Gasteiger partial charge is 0.254 e. The fraction of sp³-hybridized carbons (Fsp3) is 0.273. The number of aryl methyl sites for hydroxylation is 1. The van der Waals surface area contributed by atoms with Crippen molar-refractivity contribution in [3.05, 3.63) is 75.6 Å². The third kappa shape index (κ3) is 4.40. The SMILES string of the molecule is COc1cccc(C(=O)N(CCCO)Cc2cc3cc(C)ccc3[nH]c2=O)c1. The number of nitrogens with zero attached hydrogens (tertiary/aromatic N) is 1. The molecular weight excluding hydrogens is 356 g/mol. The van der Waals surface area contributed by atoms with E-state index >= 15 is 0 Å². The maximum Gasteiger partial charge on any atom is 0.254 e. The third-order valence-electron chi connectivity index (χ3n) is 4.63. The van der Waals surface area contributed by atoms with Crippen molar-refractivity contribution < 1.29 is 14.6 Å². The molecule has 0 saturated carbocycles. The Bertz CT molecular complexity index is 1040. The number of pyridine rings is 1. The molecular formula is C22H24N2O4. The van der Waals surface area contributed by atoms with E-state index in [1.807, 2.05) is 31.2 Å². The molecule has 1 amide bonds. The van der Waals surface area contributed by atoms with E-state index in [0.29, 0.717) is 29.8 Å². The first-order chi connectivity index (χ1) is 13.5. The topological polar surface area (TPSA) is 82.6 Å². The number of ether oxygens (including phenoxy) is 1. The molecule has 1 aromatic heterocycles. The van der Waals surface area contributed by atoms with Crippen LogP contribution in [0.1, 0.15) is 27.9 Å². The summed E-state index contributed by atoms with van der Waals surface area (Å²) < 4.78 is 5.20. The Morgan fingerprint density at radius 3 is 2.75 bits per heavy atom. The summed E-state index contributed by atoms with van der Waals surface area (Å²) in [6.07, 6.45) is 0.431. The molecule has 0 aliphatic rings. The number of nitrogens with one attached hydrogen (secondary N) is 1. The van der Waals surface area contributed by atoms with E-state index in [9.17, 15) is 14.7 Å². The monoisotopic (exact) mass is 380 g/mol. The number of rotatable bonds is 7. The van der Waals surface area contributed by atoms with E-state index in [-0.39, 0.29) is 24.6 Å². The van der Waals surface area contributed by atoms with Crippen LogP contribution in [0, 0.1) is 6.92 Å². The number of hydrogen-bond acceptors (Lipinski definition) is 4. The molecule has 0 spiro atoms. The Hall–Kier alpha value is -3.12. The molecule has 2 N–H and O–H groups in total. The fourth-order valence-corrected chi connectivity index (χ4v) is 3.15. The summed E-state index contributed by atoms with van der Waals surface area (Å²) in [5.41, 5.74) is 2.62. The van der Waals surface area contributed by atoms with E-state index in [2.05, 4.69) is 4.98 Å². The number of carbonyl (C=O) groups excluding carboxylic acids is 1. The summed E-state index contributed by atoms with van der Waals surface area (Å²) in [6, 6.07) is 14.5. The molecule has 0 aliphatic carbocycles. The van der Waals surface area contributed by atoms with Crippen LogP contribution in [-0.4, -0.2) is 41.2 Å². The summed E-state index contributed by atoms with van der Waals surface area (Å²) >= 11 is 0. The van der Waals surface area contributed by atoms with Gasteiger partial charge in [0.2, 0.25) is 0 Å². The summed E-state index contributed by atoms with van der Waals surface area (Å²) in [6.45, 7) is 2.46. The standard InChI is InChI=1S/C22H24N2O4/c1-15-7-8-20-17(11-15)12-18(21(26)23-20)14-24(9-4-10-25)22(27)16-5-3-6-19(13-16)28-2/h3,5-8,11-13,25H,4,9-10,14H2,1-2H3,(H,23,26). The van der Waals surface area contributed by atoms with Crippen LogP contribution >= 0.6 is 0 Å². The second-order valence-corrected chi connectivity index (χ2v) is 6.75. The van der Waals surface area contributed by atoms with E-state index in [4.69, 9.17) is 4.74 Å². The molecule has 0 bridgehead atoms. The molecule has 28 heavy (non-hydrogen) atoms. The average Bonchev–Trinajstić information content (AvgIpc) is 2.71. The summed E-state index contributed by atoms with van der Waals surface area (Å²) in [5, 5.41) is 10.1. The molecule has 0 unspecified atom stereocenters. The van der Waals surface area contributed by atoms with Crippen LogP contribution in [-0.2, 0) is 6.54 Å². The highest BCUT2D eigenvalue weighted by atomic mass is 16.5. The lowest BCUT2D eigenvalue weighted by Crippen LogP contribution is -2.34. The molecule has 0 radical (unpaired) electrons. The molecule has 6 nitrogen and oxygen atoms in total. The van der Waals surface area contributed by atoms with Crippen LogP contribution in [0.4, 0.5) is 0 Å². The van der Waals surface area contributed by atoms with Gasteiger partial charge in [-0.3, -0.25) is 9.59 Å². The zero-order valence-electron chi connectivity index (χ0n) is 16.1. The van der Waals surface area contributed by atoms with Gasteiger partial charge in [-0.25, -0.2) is 0 Å². The quantitative estimate of drug-likeness (QED) is 0.660. The predicted molar refractivity (Wildman–Crippen MR) is 109 cm³/mol. The Morgan fingerprint density at radius 2 is 2.00 bits per heavy atom. The minimum atomic E-state index is -0.219. The lowest BCUT2D eigenvalue weighted by Gasteiger charge is -2.22. The number of aromatic amines is 1. The van der Waals surface area contributed by atoms with Crippen molar-refractivity contribution in [2.75, 3.05) is 20.3 Å². The molecule has 1 heterocycles. The molecule has 0 fully saturated rings. The van der Waals surface area contributed by atoms with E-state index < -0.39 is 0 Å². The highest BCUT2D eigenvalue weighted by Crippen LogP contribution is 2.17. The normalized spacial score (nSPS) is 10.8. The highest BCUT2D eigenvalue weighted by Gasteiger charge is 2.18. The molecule has 0 saturated heterocycles. The molecule has 3 rings (SSSR count). The van der Waals surface area contributed by atoms with Gasteiger partial charge in [-0.05, 0) is 55.1 Å².